The molecule has 0 fully saturated rings. The number of nitrogens with one attached hydrogen (secondary N) is 1. The smallest absolute Gasteiger partial charge is 0.277 e. The Morgan fingerprint density at radius 2 is 1.89 bits per heavy atom. The van der Waals surface area contributed by atoms with E-state index in [4.69, 9.17) is 4.74 Å². The summed E-state index contributed by atoms with van der Waals surface area (Å²) in [5.41, 5.74) is 1.04. The van der Waals surface area contributed by atoms with Gasteiger partial charge in [-0.1, -0.05) is 13.8 Å². The Bertz CT molecular complexity index is 1370. The third kappa shape index (κ3) is 5.77. The zero-order valence-electron chi connectivity index (χ0n) is 21.8. The molecule has 1 aromatic carbocycles. The van der Waals surface area contributed by atoms with Crippen LogP contribution in [0, 0.1) is 0 Å². The van der Waals surface area contributed by atoms with E-state index in [1.807, 2.05) is 20.8 Å². The van der Waals surface area contributed by atoms with Gasteiger partial charge in [-0.05, 0) is 52.1 Å². The monoisotopic (exact) mass is 520 g/mol. The van der Waals surface area contributed by atoms with Gasteiger partial charge in [-0.15, -0.1) is 5.10 Å². The summed E-state index contributed by atoms with van der Waals surface area (Å²) in [5.74, 6) is 1.25. The van der Waals surface area contributed by atoms with Crippen molar-refractivity contribution in [3.05, 3.63) is 40.1 Å². The van der Waals surface area contributed by atoms with Crippen molar-refractivity contribution in [2.75, 3.05) is 40.8 Å². The van der Waals surface area contributed by atoms with Crippen LogP contribution < -0.4 is 10.3 Å². The molecule has 2 heterocycles. The molecule has 11 nitrogen and oxygen atoms in total. The molecule has 12 heteroatoms. The van der Waals surface area contributed by atoms with Crippen LogP contribution in [0.3, 0.4) is 0 Å². The van der Waals surface area contributed by atoms with E-state index in [0.717, 1.165) is 10.7 Å². The number of nitrogens with zero attached hydrogens (tertiary/aromatic N) is 5. The maximum Gasteiger partial charge on any atom is 0.277 e. The van der Waals surface area contributed by atoms with E-state index >= 15 is 0 Å². The van der Waals surface area contributed by atoms with E-state index in [-0.39, 0.29) is 22.8 Å². The lowest BCUT2D eigenvalue weighted by Crippen LogP contribution is -2.39. The average Bonchev–Trinajstić information content (AvgIpc) is 3.17. The second kappa shape index (κ2) is 11.5. The summed E-state index contributed by atoms with van der Waals surface area (Å²) in [6, 6.07) is 4.44. The maximum absolute atomic E-state index is 13.3. The highest BCUT2D eigenvalue weighted by atomic mass is 32.2. The highest BCUT2D eigenvalue weighted by molar-refractivity contribution is 7.89. The van der Waals surface area contributed by atoms with Crippen LogP contribution >= 0.6 is 0 Å². The minimum Gasteiger partial charge on any atom is -0.493 e. The van der Waals surface area contributed by atoms with E-state index in [1.165, 1.54) is 19.2 Å². The third-order valence-electron chi connectivity index (χ3n) is 5.71. The van der Waals surface area contributed by atoms with Gasteiger partial charge in [-0.25, -0.2) is 17.9 Å². The minimum absolute atomic E-state index is 0.00286. The molecule has 3 aromatic rings. The Hall–Kier alpha value is -2.80. The number of ether oxygens (including phenoxy) is 1. The molecule has 36 heavy (non-hydrogen) atoms. The molecule has 1 atom stereocenters. The van der Waals surface area contributed by atoms with Crippen molar-refractivity contribution in [1.29, 1.82) is 0 Å². The molecule has 1 unspecified atom stereocenters. The Morgan fingerprint density at radius 1 is 1.17 bits per heavy atom. The van der Waals surface area contributed by atoms with Crippen LogP contribution in [0.25, 0.3) is 16.9 Å². The first-order chi connectivity index (χ1) is 17.0. The van der Waals surface area contributed by atoms with Gasteiger partial charge in [-0.2, -0.15) is 4.31 Å². The molecule has 2 aromatic heterocycles. The van der Waals surface area contributed by atoms with Gasteiger partial charge in [0, 0.05) is 26.6 Å². The zero-order valence-corrected chi connectivity index (χ0v) is 22.6. The number of hydrogen-bond donors (Lipinski definition) is 2. The molecule has 0 radical (unpaired) electrons. The van der Waals surface area contributed by atoms with Gasteiger partial charge >= 0.3 is 0 Å². The average molecular weight is 521 g/mol. The molecule has 0 amide bonds. The van der Waals surface area contributed by atoms with Crippen LogP contribution in [0.15, 0.2) is 27.9 Å². The highest BCUT2D eigenvalue weighted by Gasteiger charge is 2.26. The number of hydrogen-bond acceptors (Lipinski definition) is 8. The number of likely N-dealkylation sites (N-methyl/N-ethyl adjacent to an activating group) is 2. The second-order valence-corrected chi connectivity index (χ2v) is 11.0. The number of aryl methyl sites for hydroxylation is 2. The number of aliphatic hydroxyl groups excluding tert-OH is 1. The lowest BCUT2D eigenvalue weighted by atomic mass is 10.2. The van der Waals surface area contributed by atoms with E-state index in [2.05, 4.69) is 15.1 Å². The molecule has 3 rings (SSSR count). The summed E-state index contributed by atoms with van der Waals surface area (Å²) in [4.78, 5) is 22.3. The van der Waals surface area contributed by atoms with Crippen LogP contribution in [-0.2, 0) is 22.9 Å². The predicted octanol–water partition coefficient (Wildman–Crippen LogP) is 1.54. The first-order valence-corrected chi connectivity index (χ1v) is 13.5. The molecule has 0 aliphatic carbocycles. The largest absolute Gasteiger partial charge is 0.493 e. The fourth-order valence-corrected chi connectivity index (χ4v) is 5.31. The highest BCUT2D eigenvalue weighted by Crippen LogP contribution is 2.31. The third-order valence-corrected chi connectivity index (χ3v) is 7.53. The van der Waals surface area contributed by atoms with Crippen molar-refractivity contribution in [2.24, 2.45) is 0 Å². The summed E-state index contributed by atoms with van der Waals surface area (Å²) < 4.78 is 35.0. The number of sulfonamides is 1. The number of benzene rings is 1. The van der Waals surface area contributed by atoms with E-state index in [9.17, 15) is 18.3 Å². The van der Waals surface area contributed by atoms with Crippen molar-refractivity contribution in [3.8, 4) is 17.1 Å². The molecule has 0 aliphatic heterocycles. The first kappa shape index (κ1) is 27.8. The van der Waals surface area contributed by atoms with E-state index < -0.39 is 16.1 Å². The first-order valence-electron chi connectivity index (χ1n) is 12.1. The number of aromatic nitrogens is 4. The SMILES string of the molecule is CCCc1nc(CC)c2c(=O)[nH]c(-c3cc(S(=O)(=O)N(C)CC(O)CN(C)C)ccc3OCC)nn12. The molecule has 2 N–H and O–H groups in total. The number of aromatic amines is 1. The molecular formula is C24H36N6O5S. The Morgan fingerprint density at radius 3 is 2.50 bits per heavy atom. The zero-order chi connectivity index (χ0) is 26.6. The fourth-order valence-electron chi connectivity index (χ4n) is 4.08. The Kier molecular flexibility index (Phi) is 8.88. The van der Waals surface area contributed by atoms with Crippen LogP contribution in [0.5, 0.6) is 5.75 Å². The van der Waals surface area contributed by atoms with Gasteiger partial charge in [0.15, 0.2) is 11.3 Å². The lowest BCUT2D eigenvalue weighted by Gasteiger charge is -2.23. The van der Waals surface area contributed by atoms with Crippen LogP contribution in [0.4, 0.5) is 0 Å². The number of H-pyrrole nitrogens is 1. The molecule has 0 aliphatic rings. The summed E-state index contributed by atoms with van der Waals surface area (Å²) in [7, 11) is 1.09. The molecule has 0 bridgehead atoms. The fraction of sp³-hybridized carbons (Fsp3) is 0.542. The maximum atomic E-state index is 13.3. The number of fused-ring (bicyclic) bond motifs is 1. The molecule has 198 valence electrons. The second-order valence-electron chi connectivity index (χ2n) is 8.93. The lowest BCUT2D eigenvalue weighted by molar-refractivity contribution is 0.120. The topological polar surface area (TPSA) is 133 Å². The van der Waals surface area contributed by atoms with E-state index in [0.29, 0.717) is 54.3 Å². The molecule has 0 saturated heterocycles. The number of rotatable bonds is 12. The summed E-state index contributed by atoms with van der Waals surface area (Å²) >= 11 is 0. The van der Waals surface area contributed by atoms with Gasteiger partial charge in [0.2, 0.25) is 10.0 Å². The Balaban J connectivity index is 2.13. The predicted molar refractivity (Wildman–Crippen MR) is 138 cm³/mol. The molecular weight excluding hydrogens is 484 g/mol. The molecule has 0 spiro atoms. The van der Waals surface area contributed by atoms with Crippen molar-refractivity contribution in [1.82, 2.24) is 28.8 Å². The van der Waals surface area contributed by atoms with Crippen molar-refractivity contribution in [3.63, 3.8) is 0 Å². The molecule has 0 saturated carbocycles. The van der Waals surface area contributed by atoms with Gasteiger partial charge in [0.1, 0.15) is 11.6 Å². The van der Waals surface area contributed by atoms with Crippen LogP contribution in [0.2, 0.25) is 0 Å². The van der Waals surface area contributed by atoms with Gasteiger partial charge in [0.05, 0.1) is 28.9 Å². The quantitative estimate of drug-likeness (QED) is 0.367. The van der Waals surface area contributed by atoms with Gasteiger partial charge in [-0.3, -0.25) is 4.79 Å². The normalized spacial score (nSPS) is 13.1. The summed E-state index contributed by atoms with van der Waals surface area (Å²) in [5, 5.41) is 14.9. The number of imidazole rings is 1. The van der Waals surface area contributed by atoms with Crippen LogP contribution in [0.1, 0.15) is 38.7 Å². The number of aliphatic hydroxyl groups is 1. The van der Waals surface area contributed by atoms with E-state index in [1.54, 1.807) is 29.6 Å². The Labute approximate surface area is 211 Å². The van der Waals surface area contributed by atoms with Crippen molar-refractivity contribution < 1.29 is 18.3 Å². The van der Waals surface area contributed by atoms with Crippen LogP contribution in [-0.4, -0.2) is 89.3 Å². The van der Waals surface area contributed by atoms with Gasteiger partial charge < -0.3 is 19.7 Å². The van der Waals surface area contributed by atoms with Crippen molar-refractivity contribution in [2.45, 2.75) is 51.0 Å². The van der Waals surface area contributed by atoms with Gasteiger partial charge in [0.25, 0.3) is 5.56 Å². The summed E-state index contributed by atoms with van der Waals surface area (Å²) in [6.07, 6.45) is 1.20. The van der Waals surface area contributed by atoms with Crippen molar-refractivity contribution >= 4 is 15.5 Å². The standard InChI is InChI=1S/C24H36N6O5S/c1-7-10-21-25-19(8-2)22-24(32)26-23(27-30(21)22)18-13-17(11-12-20(18)35-9-3)36(33,34)29(6)15-16(31)14-28(4)5/h11-13,16,31H,7-10,14-15H2,1-6H3,(H,26,27,32). The minimum atomic E-state index is -3.94. The summed E-state index contributed by atoms with van der Waals surface area (Å²) in [6.45, 7) is 6.36.